The molecule has 2 amide bonds. The second-order valence-corrected chi connectivity index (χ2v) is 7.45. The fourth-order valence-corrected chi connectivity index (χ4v) is 4.11. The predicted octanol–water partition coefficient (Wildman–Crippen LogP) is 3.49. The zero-order valence-corrected chi connectivity index (χ0v) is 15.2. The molecule has 0 radical (unpaired) electrons. The summed E-state index contributed by atoms with van der Waals surface area (Å²) in [7, 11) is 1.60. The van der Waals surface area contributed by atoms with E-state index in [9.17, 15) is 18.4 Å². The molecule has 0 aromatic heterocycles. The molecule has 1 heterocycles. The Bertz CT molecular complexity index is 674. The Morgan fingerprint density at radius 2 is 1.85 bits per heavy atom. The van der Waals surface area contributed by atoms with Gasteiger partial charge in [-0.25, -0.2) is 8.78 Å². The highest BCUT2D eigenvalue weighted by molar-refractivity contribution is 5.89. The van der Waals surface area contributed by atoms with Crippen LogP contribution in [0, 0.1) is 17.6 Å². The Morgan fingerprint density at radius 1 is 1.12 bits per heavy atom. The third-order valence-corrected chi connectivity index (χ3v) is 5.57. The fraction of sp³-hybridized carbons (Fsp3) is 0.600. The summed E-state index contributed by atoms with van der Waals surface area (Å²) in [5.74, 6) is -1.33. The van der Waals surface area contributed by atoms with Crippen LogP contribution in [0.2, 0.25) is 0 Å². The lowest BCUT2D eigenvalue weighted by atomic mass is 9.88. The van der Waals surface area contributed by atoms with Crippen molar-refractivity contribution in [3.63, 3.8) is 0 Å². The van der Waals surface area contributed by atoms with Crippen molar-refractivity contribution in [3.05, 3.63) is 35.4 Å². The van der Waals surface area contributed by atoms with Gasteiger partial charge in [0.25, 0.3) is 0 Å². The molecule has 1 saturated heterocycles. The average molecular weight is 364 g/mol. The molecule has 142 valence electrons. The number of hydrogen-bond donors (Lipinski definition) is 0. The lowest BCUT2D eigenvalue weighted by Gasteiger charge is -2.32. The number of amides is 2. The van der Waals surface area contributed by atoms with Gasteiger partial charge in [-0.1, -0.05) is 25.3 Å². The molecule has 1 atom stereocenters. The molecule has 3 rings (SSSR count). The van der Waals surface area contributed by atoms with Crippen LogP contribution < -0.4 is 0 Å². The van der Waals surface area contributed by atoms with E-state index < -0.39 is 17.7 Å². The molecule has 0 spiro atoms. The molecule has 26 heavy (non-hydrogen) atoms. The van der Waals surface area contributed by atoms with Crippen LogP contribution in [0.15, 0.2) is 18.2 Å². The highest BCUT2D eigenvalue weighted by atomic mass is 19.1. The van der Waals surface area contributed by atoms with Gasteiger partial charge in [-0.3, -0.25) is 9.59 Å². The zero-order chi connectivity index (χ0) is 18.7. The molecule has 0 unspecified atom stereocenters. The highest BCUT2D eigenvalue weighted by Crippen LogP contribution is 2.29. The van der Waals surface area contributed by atoms with Crippen LogP contribution in [-0.4, -0.2) is 41.2 Å². The van der Waals surface area contributed by atoms with Gasteiger partial charge in [-0.2, -0.15) is 0 Å². The Morgan fingerprint density at radius 3 is 2.54 bits per heavy atom. The Balaban J connectivity index is 1.66. The second kappa shape index (κ2) is 8.14. The summed E-state index contributed by atoms with van der Waals surface area (Å²) in [6.45, 7) is 0.678. The van der Waals surface area contributed by atoms with Crippen molar-refractivity contribution in [2.75, 3.05) is 13.6 Å². The Labute approximate surface area is 153 Å². The smallest absolute Gasteiger partial charge is 0.245 e. The number of carbonyl (C=O) groups excluding carboxylic acids is 2. The molecule has 1 aliphatic heterocycles. The first kappa shape index (κ1) is 18.8. The number of hydrogen-bond acceptors (Lipinski definition) is 2. The first-order chi connectivity index (χ1) is 12.5. The number of likely N-dealkylation sites (N-methyl/N-ethyl adjacent to an activating group) is 1. The fourth-order valence-electron chi connectivity index (χ4n) is 4.11. The number of likely N-dealkylation sites (tertiary alicyclic amines) is 1. The minimum Gasteiger partial charge on any atom is -0.340 e. The summed E-state index contributed by atoms with van der Waals surface area (Å²) in [5.41, 5.74) is 0.269. The van der Waals surface area contributed by atoms with Gasteiger partial charge in [-0.15, -0.1) is 0 Å². The predicted molar refractivity (Wildman–Crippen MR) is 94.1 cm³/mol. The molecule has 1 aromatic carbocycles. The maximum Gasteiger partial charge on any atom is 0.245 e. The van der Waals surface area contributed by atoms with E-state index in [2.05, 4.69) is 0 Å². The molecular formula is C20H26F2N2O2. The van der Waals surface area contributed by atoms with E-state index in [1.165, 1.54) is 23.5 Å². The first-order valence-corrected chi connectivity index (χ1v) is 9.46. The van der Waals surface area contributed by atoms with Crippen LogP contribution in [0.5, 0.6) is 0 Å². The monoisotopic (exact) mass is 364 g/mol. The average Bonchev–Trinajstić information content (AvgIpc) is 3.13. The van der Waals surface area contributed by atoms with Gasteiger partial charge in [0.1, 0.15) is 17.7 Å². The first-order valence-electron chi connectivity index (χ1n) is 9.46. The highest BCUT2D eigenvalue weighted by Gasteiger charge is 2.38. The van der Waals surface area contributed by atoms with Crippen molar-refractivity contribution >= 4 is 11.8 Å². The Hall–Kier alpha value is -1.98. The molecule has 6 heteroatoms. The number of rotatable bonds is 4. The summed E-state index contributed by atoms with van der Waals surface area (Å²) in [5, 5.41) is 0. The van der Waals surface area contributed by atoms with E-state index in [1.807, 2.05) is 0 Å². The quantitative estimate of drug-likeness (QED) is 0.821. The van der Waals surface area contributed by atoms with Crippen LogP contribution in [0.3, 0.4) is 0 Å². The second-order valence-electron chi connectivity index (χ2n) is 7.45. The summed E-state index contributed by atoms with van der Waals surface area (Å²) in [4.78, 5) is 28.9. The summed E-state index contributed by atoms with van der Waals surface area (Å²) in [6, 6.07) is 2.90. The molecule has 0 bridgehead atoms. The lowest BCUT2D eigenvalue weighted by Crippen LogP contribution is -2.48. The number of benzene rings is 1. The van der Waals surface area contributed by atoms with E-state index in [4.69, 9.17) is 0 Å². The third-order valence-electron chi connectivity index (χ3n) is 5.57. The van der Waals surface area contributed by atoms with Gasteiger partial charge in [0.15, 0.2) is 0 Å². The van der Waals surface area contributed by atoms with Crippen molar-refractivity contribution in [1.29, 1.82) is 0 Å². The van der Waals surface area contributed by atoms with Crippen LogP contribution in [0.4, 0.5) is 8.78 Å². The van der Waals surface area contributed by atoms with Crippen LogP contribution >= 0.6 is 0 Å². The molecule has 2 fully saturated rings. The van der Waals surface area contributed by atoms with E-state index in [0.29, 0.717) is 13.0 Å². The van der Waals surface area contributed by atoms with Gasteiger partial charge in [0.2, 0.25) is 11.8 Å². The van der Waals surface area contributed by atoms with Crippen molar-refractivity contribution in [2.24, 2.45) is 5.92 Å². The summed E-state index contributed by atoms with van der Waals surface area (Å²) < 4.78 is 26.9. The zero-order valence-electron chi connectivity index (χ0n) is 15.2. The maximum absolute atomic E-state index is 13.9. The number of carbonyl (C=O) groups is 2. The third kappa shape index (κ3) is 4.05. The van der Waals surface area contributed by atoms with Crippen LogP contribution in [0.25, 0.3) is 0 Å². The molecule has 4 nitrogen and oxygen atoms in total. The SMILES string of the molecule is CN(Cc1ccc(F)cc1F)C(=O)[C@H]1CCCN1C(=O)C1CCCCC1. The van der Waals surface area contributed by atoms with E-state index in [0.717, 1.165) is 38.2 Å². The normalized spacial score (nSPS) is 21.0. The molecule has 2 aliphatic rings. The van der Waals surface area contributed by atoms with E-state index >= 15 is 0 Å². The molecule has 1 aromatic rings. The van der Waals surface area contributed by atoms with Crippen molar-refractivity contribution in [1.82, 2.24) is 9.80 Å². The Kier molecular flexibility index (Phi) is 5.89. The van der Waals surface area contributed by atoms with E-state index in [-0.39, 0.29) is 29.8 Å². The lowest BCUT2D eigenvalue weighted by molar-refractivity contribution is -0.146. The van der Waals surface area contributed by atoms with Crippen LogP contribution in [0.1, 0.15) is 50.5 Å². The van der Waals surface area contributed by atoms with E-state index in [1.54, 1.807) is 11.9 Å². The molecule has 0 N–H and O–H groups in total. The minimum atomic E-state index is -0.661. The summed E-state index contributed by atoms with van der Waals surface area (Å²) in [6.07, 6.45) is 6.61. The van der Waals surface area contributed by atoms with Gasteiger partial charge in [0.05, 0.1) is 0 Å². The van der Waals surface area contributed by atoms with Crippen molar-refractivity contribution in [3.8, 4) is 0 Å². The largest absolute Gasteiger partial charge is 0.340 e. The van der Waals surface area contributed by atoms with Gasteiger partial charge in [0, 0.05) is 37.7 Å². The van der Waals surface area contributed by atoms with Gasteiger partial charge < -0.3 is 9.80 Å². The molecule has 1 aliphatic carbocycles. The number of nitrogens with zero attached hydrogens (tertiary/aromatic N) is 2. The topological polar surface area (TPSA) is 40.6 Å². The number of halogens is 2. The summed E-state index contributed by atoms with van der Waals surface area (Å²) >= 11 is 0. The van der Waals surface area contributed by atoms with Gasteiger partial charge in [-0.05, 0) is 31.7 Å². The maximum atomic E-state index is 13.9. The van der Waals surface area contributed by atoms with Crippen LogP contribution in [-0.2, 0) is 16.1 Å². The standard InChI is InChI=1S/C20H26F2N2O2/c1-23(13-15-9-10-16(21)12-17(15)22)20(26)18-8-5-11-24(18)19(25)14-6-3-2-4-7-14/h9-10,12,14,18H,2-8,11,13H2,1H3/t18-/m1/s1. The molecule has 1 saturated carbocycles. The van der Waals surface area contributed by atoms with Crippen molar-refractivity contribution < 1.29 is 18.4 Å². The van der Waals surface area contributed by atoms with Crippen molar-refractivity contribution in [2.45, 2.75) is 57.5 Å². The van der Waals surface area contributed by atoms with Gasteiger partial charge >= 0.3 is 0 Å². The molecular weight excluding hydrogens is 338 g/mol. The minimum absolute atomic E-state index is 0.0389.